The quantitative estimate of drug-likeness (QED) is 0.310. The van der Waals surface area contributed by atoms with Crippen LogP contribution >= 0.6 is 11.3 Å². The second-order valence-electron chi connectivity index (χ2n) is 8.32. The first-order chi connectivity index (χ1) is 16.5. The maximum absolute atomic E-state index is 13.0. The Morgan fingerprint density at radius 1 is 1.24 bits per heavy atom. The molecule has 0 bridgehead atoms. The van der Waals surface area contributed by atoms with Crippen molar-refractivity contribution < 1.29 is 23.5 Å². The molecule has 1 saturated heterocycles. The van der Waals surface area contributed by atoms with Gasteiger partial charge in [-0.2, -0.15) is 0 Å². The summed E-state index contributed by atoms with van der Waals surface area (Å²) in [6, 6.07) is 9.13. The van der Waals surface area contributed by atoms with Crippen LogP contribution in [0.3, 0.4) is 0 Å². The summed E-state index contributed by atoms with van der Waals surface area (Å²) in [7, 11) is 1.68. The molecule has 0 N–H and O–H groups in total. The molecule has 4 heterocycles. The summed E-state index contributed by atoms with van der Waals surface area (Å²) in [6.07, 6.45) is 3.69. The average Bonchev–Trinajstić information content (AvgIpc) is 3.59. The summed E-state index contributed by atoms with van der Waals surface area (Å²) >= 11 is 1.38. The van der Waals surface area contributed by atoms with Gasteiger partial charge in [-0.05, 0) is 24.6 Å². The van der Waals surface area contributed by atoms with Crippen LogP contribution in [0.25, 0.3) is 21.2 Å². The number of hydrogen-bond acceptors (Lipinski definition) is 7. The molecule has 1 aromatic carbocycles. The molecule has 4 aromatic rings. The smallest absolute Gasteiger partial charge is 0.264 e. The van der Waals surface area contributed by atoms with Crippen LogP contribution in [0.15, 0.2) is 40.9 Å². The van der Waals surface area contributed by atoms with Crippen molar-refractivity contribution in [1.29, 1.82) is 0 Å². The molecule has 1 aliphatic rings. The van der Waals surface area contributed by atoms with Gasteiger partial charge in [0.15, 0.2) is 5.78 Å². The highest BCUT2D eigenvalue weighted by Gasteiger charge is 2.28. The second kappa shape index (κ2) is 9.19. The van der Waals surface area contributed by atoms with Crippen molar-refractivity contribution in [2.45, 2.75) is 39.2 Å². The van der Waals surface area contributed by atoms with Gasteiger partial charge in [-0.25, -0.2) is 0 Å². The number of nitrogens with zero attached hydrogens (tertiary/aromatic N) is 2. The van der Waals surface area contributed by atoms with E-state index in [4.69, 9.17) is 13.9 Å². The molecular formula is C26H26N2O5S. The van der Waals surface area contributed by atoms with Crippen molar-refractivity contribution in [3.8, 4) is 11.5 Å². The number of carbonyl (C=O) groups is 2. The molecule has 176 valence electrons. The molecular weight excluding hydrogens is 452 g/mol. The Bertz CT molecular complexity index is 1390. The largest absolute Gasteiger partial charge is 0.460 e. The lowest BCUT2D eigenvalue weighted by atomic mass is 10.0. The van der Waals surface area contributed by atoms with Crippen LogP contribution in [-0.2, 0) is 11.2 Å². The molecule has 1 aliphatic heterocycles. The van der Waals surface area contributed by atoms with E-state index in [1.54, 1.807) is 19.4 Å². The first kappa shape index (κ1) is 22.6. The van der Waals surface area contributed by atoms with E-state index >= 15 is 0 Å². The van der Waals surface area contributed by atoms with Gasteiger partial charge in [-0.3, -0.25) is 14.6 Å². The van der Waals surface area contributed by atoms with E-state index in [-0.39, 0.29) is 17.8 Å². The molecule has 1 amide bonds. The van der Waals surface area contributed by atoms with E-state index in [2.05, 4.69) is 4.98 Å². The van der Waals surface area contributed by atoms with Crippen molar-refractivity contribution in [3.63, 3.8) is 0 Å². The standard InChI is InChI=1S/C26H26N2O5S/c1-4-19(29)24-17-7-6-15(12-22(17)33-20(24)5-2)32-21-8-10-27-18-13-23(34-25(18)21)26(30)28-11-9-16(14-28)31-3/h6-8,10,12-13,16H,4-5,9,11,14H2,1-3H3/t16-/m1/s1. The fourth-order valence-corrected chi connectivity index (χ4v) is 5.44. The van der Waals surface area contributed by atoms with E-state index in [0.717, 1.165) is 22.0 Å². The van der Waals surface area contributed by atoms with Crippen LogP contribution in [0.5, 0.6) is 11.5 Å². The number of amides is 1. The second-order valence-corrected chi connectivity index (χ2v) is 9.37. The fourth-order valence-electron chi connectivity index (χ4n) is 4.41. The molecule has 0 radical (unpaired) electrons. The van der Waals surface area contributed by atoms with E-state index in [1.165, 1.54) is 11.3 Å². The Morgan fingerprint density at radius 3 is 2.82 bits per heavy atom. The number of rotatable bonds is 7. The third kappa shape index (κ3) is 3.97. The minimum Gasteiger partial charge on any atom is -0.460 e. The van der Waals surface area contributed by atoms with Crippen molar-refractivity contribution in [1.82, 2.24) is 9.88 Å². The molecule has 3 aromatic heterocycles. The number of likely N-dealkylation sites (tertiary alicyclic amines) is 1. The summed E-state index contributed by atoms with van der Waals surface area (Å²) in [4.78, 5) is 32.3. The van der Waals surface area contributed by atoms with E-state index < -0.39 is 0 Å². The number of ketones is 1. The molecule has 5 rings (SSSR count). The topological polar surface area (TPSA) is 81.9 Å². The average molecular weight is 479 g/mol. The number of aromatic nitrogens is 1. The van der Waals surface area contributed by atoms with Gasteiger partial charge in [0.25, 0.3) is 5.91 Å². The van der Waals surface area contributed by atoms with Gasteiger partial charge in [0.2, 0.25) is 0 Å². The maximum Gasteiger partial charge on any atom is 0.264 e. The first-order valence-electron chi connectivity index (χ1n) is 11.5. The number of ether oxygens (including phenoxy) is 2. The lowest BCUT2D eigenvalue weighted by Gasteiger charge is -2.14. The van der Waals surface area contributed by atoms with E-state index in [9.17, 15) is 9.59 Å². The van der Waals surface area contributed by atoms with Gasteiger partial charge in [-0.1, -0.05) is 13.8 Å². The van der Waals surface area contributed by atoms with Crippen LogP contribution in [-0.4, -0.2) is 47.9 Å². The summed E-state index contributed by atoms with van der Waals surface area (Å²) < 4.78 is 18.4. The third-order valence-electron chi connectivity index (χ3n) is 6.24. The summed E-state index contributed by atoms with van der Waals surface area (Å²) in [6.45, 7) is 5.12. The van der Waals surface area contributed by atoms with Gasteiger partial charge in [0, 0.05) is 56.8 Å². The zero-order chi connectivity index (χ0) is 23.8. The Hall–Kier alpha value is -3.23. The minimum absolute atomic E-state index is 0.00859. The third-order valence-corrected chi connectivity index (χ3v) is 7.36. The number of thiophene rings is 1. The van der Waals surface area contributed by atoms with Gasteiger partial charge in [0.05, 0.1) is 26.8 Å². The van der Waals surface area contributed by atoms with Crippen molar-refractivity contribution >= 4 is 44.2 Å². The molecule has 0 unspecified atom stereocenters. The molecule has 0 saturated carbocycles. The van der Waals surface area contributed by atoms with Crippen molar-refractivity contribution in [2.24, 2.45) is 0 Å². The summed E-state index contributed by atoms with van der Waals surface area (Å²) in [5.74, 6) is 1.98. The van der Waals surface area contributed by atoms with Gasteiger partial charge in [0.1, 0.15) is 22.8 Å². The summed E-state index contributed by atoms with van der Waals surface area (Å²) in [5, 5.41) is 0.805. The lowest BCUT2D eigenvalue weighted by molar-refractivity contribution is 0.0728. The molecule has 8 heteroatoms. The molecule has 1 atom stereocenters. The minimum atomic E-state index is -0.00859. The van der Waals surface area contributed by atoms with Crippen molar-refractivity contribution in [3.05, 3.63) is 52.7 Å². The van der Waals surface area contributed by atoms with Gasteiger partial charge in [-0.15, -0.1) is 11.3 Å². The fraction of sp³-hybridized carbons (Fsp3) is 0.346. The molecule has 34 heavy (non-hydrogen) atoms. The van der Waals surface area contributed by atoms with Gasteiger partial charge >= 0.3 is 0 Å². The van der Waals surface area contributed by atoms with Crippen LogP contribution < -0.4 is 4.74 Å². The van der Waals surface area contributed by atoms with Crippen molar-refractivity contribution in [2.75, 3.05) is 20.2 Å². The van der Waals surface area contributed by atoms with Crippen LogP contribution in [0.1, 0.15) is 52.5 Å². The Kier molecular flexibility index (Phi) is 6.10. The van der Waals surface area contributed by atoms with Crippen LogP contribution in [0.4, 0.5) is 0 Å². The van der Waals surface area contributed by atoms with E-state index in [0.29, 0.717) is 59.2 Å². The number of furan rings is 1. The SMILES string of the molecule is CCC(=O)c1c(CC)oc2cc(Oc3ccnc4cc(C(=O)N5CC[C@@H](OC)C5)sc34)ccc12. The number of pyridine rings is 1. The highest BCUT2D eigenvalue weighted by Crippen LogP contribution is 2.37. The van der Waals surface area contributed by atoms with Crippen LogP contribution in [0.2, 0.25) is 0 Å². The number of carbonyl (C=O) groups excluding carboxylic acids is 2. The van der Waals surface area contributed by atoms with E-state index in [1.807, 2.05) is 43.0 Å². The Morgan fingerprint density at radius 2 is 2.09 bits per heavy atom. The molecule has 0 spiro atoms. The number of fused-ring (bicyclic) bond motifs is 2. The zero-order valence-electron chi connectivity index (χ0n) is 19.4. The van der Waals surface area contributed by atoms with Gasteiger partial charge < -0.3 is 18.8 Å². The zero-order valence-corrected chi connectivity index (χ0v) is 20.2. The normalized spacial score (nSPS) is 16.0. The predicted molar refractivity (Wildman–Crippen MR) is 131 cm³/mol. The number of hydrogen-bond donors (Lipinski definition) is 0. The Labute approximate surface area is 201 Å². The monoisotopic (exact) mass is 478 g/mol. The molecule has 7 nitrogen and oxygen atoms in total. The highest BCUT2D eigenvalue weighted by atomic mass is 32.1. The first-order valence-corrected chi connectivity index (χ1v) is 12.3. The molecule has 0 aliphatic carbocycles. The number of Topliss-reactive ketones (excluding diaryl/α,β-unsaturated/α-hetero) is 1. The lowest BCUT2D eigenvalue weighted by Crippen LogP contribution is -2.29. The maximum atomic E-state index is 13.0. The predicted octanol–water partition coefficient (Wildman–Crippen LogP) is 5.85. The number of benzene rings is 1. The Balaban J connectivity index is 1.45. The summed E-state index contributed by atoms with van der Waals surface area (Å²) in [5.41, 5.74) is 2.01. The highest BCUT2D eigenvalue weighted by molar-refractivity contribution is 7.21. The number of methoxy groups -OCH3 is 1. The number of aryl methyl sites for hydroxylation is 1. The van der Waals surface area contributed by atoms with Crippen LogP contribution in [0, 0.1) is 0 Å². The molecule has 1 fully saturated rings.